The van der Waals surface area contributed by atoms with E-state index >= 15 is 0 Å². The molecule has 0 radical (unpaired) electrons. The molecule has 0 aromatic heterocycles. The van der Waals surface area contributed by atoms with Gasteiger partial charge in [0.2, 0.25) is 5.91 Å². The first-order valence-electron chi connectivity index (χ1n) is 8.57. The lowest BCUT2D eigenvalue weighted by molar-refractivity contribution is -0.111. The number of amides is 2. The minimum atomic E-state index is -0.202. The number of likely N-dealkylation sites (tertiary alicyclic amines) is 1. The molecule has 1 aliphatic rings. The van der Waals surface area contributed by atoms with Crippen LogP contribution in [0, 0.1) is 0 Å². The molecule has 128 valence electrons. The molecule has 0 atom stereocenters. The SMILES string of the molecule is C/C(=C\C(=O)Nc1cccc(C(=O)N2CCCC2)c1)c1ccccc1. The third-order valence-corrected chi connectivity index (χ3v) is 4.35. The quantitative estimate of drug-likeness (QED) is 0.860. The zero-order valence-corrected chi connectivity index (χ0v) is 14.4. The normalized spacial score (nSPS) is 14.4. The third-order valence-electron chi connectivity index (χ3n) is 4.35. The van der Waals surface area contributed by atoms with Gasteiger partial charge in [-0.25, -0.2) is 0 Å². The number of carbonyl (C=O) groups is 2. The van der Waals surface area contributed by atoms with Crippen molar-refractivity contribution in [1.29, 1.82) is 0 Å². The van der Waals surface area contributed by atoms with Crippen molar-refractivity contribution in [2.75, 3.05) is 18.4 Å². The summed E-state index contributed by atoms with van der Waals surface area (Å²) in [6.45, 7) is 3.53. The largest absolute Gasteiger partial charge is 0.339 e. The molecule has 1 fully saturated rings. The Hall–Kier alpha value is -2.88. The molecule has 0 aliphatic carbocycles. The Labute approximate surface area is 148 Å². The van der Waals surface area contributed by atoms with Crippen LogP contribution in [0.1, 0.15) is 35.7 Å². The highest BCUT2D eigenvalue weighted by atomic mass is 16.2. The van der Waals surface area contributed by atoms with Crippen molar-refractivity contribution in [2.45, 2.75) is 19.8 Å². The zero-order chi connectivity index (χ0) is 17.6. The molecule has 3 rings (SSSR count). The Bertz CT molecular complexity index is 791. The predicted molar refractivity (Wildman–Crippen MR) is 100 cm³/mol. The summed E-state index contributed by atoms with van der Waals surface area (Å²) in [4.78, 5) is 26.6. The fourth-order valence-electron chi connectivity index (χ4n) is 2.99. The molecule has 1 heterocycles. The van der Waals surface area contributed by atoms with Crippen LogP contribution >= 0.6 is 0 Å². The van der Waals surface area contributed by atoms with E-state index in [1.807, 2.05) is 42.2 Å². The summed E-state index contributed by atoms with van der Waals surface area (Å²) in [5.74, 6) is -0.170. The van der Waals surface area contributed by atoms with Gasteiger partial charge in [-0.2, -0.15) is 0 Å². The molecule has 0 unspecified atom stereocenters. The van der Waals surface area contributed by atoms with Gasteiger partial charge < -0.3 is 10.2 Å². The van der Waals surface area contributed by atoms with Crippen LogP contribution < -0.4 is 5.32 Å². The molecular weight excluding hydrogens is 312 g/mol. The van der Waals surface area contributed by atoms with Crippen molar-refractivity contribution in [3.05, 3.63) is 71.8 Å². The van der Waals surface area contributed by atoms with Crippen molar-refractivity contribution in [2.24, 2.45) is 0 Å². The minimum absolute atomic E-state index is 0.0320. The van der Waals surface area contributed by atoms with E-state index in [9.17, 15) is 9.59 Å². The monoisotopic (exact) mass is 334 g/mol. The topological polar surface area (TPSA) is 49.4 Å². The number of nitrogens with one attached hydrogen (secondary N) is 1. The van der Waals surface area contributed by atoms with Crippen molar-refractivity contribution < 1.29 is 9.59 Å². The second kappa shape index (κ2) is 7.79. The molecule has 2 aromatic rings. The lowest BCUT2D eigenvalue weighted by Gasteiger charge is -2.15. The van der Waals surface area contributed by atoms with Crippen LogP contribution in [0.3, 0.4) is 0 Å². The molecule has 0 saturated carbocycles. The Morgan fingerprint density at radius 2 is 1.64 bits per heavy atom. The fourth-order valence-corrected chi connectivity index (χ4v) is 2.99. The number of nitrogens with zero attached hydrogens (tertiary/aromatic N) is 1. The first kappa shape index (κ1) is 17.0. The average Bonchev–Trinajstić information content (AvgIpc) is 3.16. The van der Waals surface area contributed by atoms with Crippen LogP contribution in [-0.2, 0) is 4.79 Å². The highest BCUT2D eigenvalue weighted by molar-refractivity contribution is 6.04. The minimum Gasteiger partial charge on any atom is -0.339 e. The maximum absolute atomic E-state index is 12.4. The first-order valence-corrected chi connectivity index (χ1v) is 8.57. The van der Waals surface area contributed by atoms with E-state index < -0.39 is 0 Å². The molecule has 1 aliphatic heterocycles. The van der Waals surface area contributed by atoms with Gasteiger partial charge in [0.25, 0.3) is 5.91 Å². The molecule has 2 aromatic carbocycles. The first-order chi connectivity index (χ1) is 12.1. The van der Waals surface area contributed by atoms with Crippen LogP contribution in [0.4, 0.5) is 5.69 Å². The maximum atomic E-state index is 12.4. The summed E-state index contributed by atoms with van der Waals surface area (Å²) in [6, 6.07) is 16.9. The zero-order valence-electron chi connectivity index (χ0n) is 14.4. The summed E-state index contributed by atoms with van der Waals surface area (Å²) in [5.41, 5.74) is 3.15. The number of benzene rings is 2. The summed E-state index contributed by atoms with van der Waals surface area (Å²) in [6.07, 6.45) is 3.70. The molecule has 25 heavy (non-hydrogen) atoms. The smallest absolute Gasteiger partial charge is 0.253 e. The fraction of sp³-hybridized carbons (Fsp3) is 0.238. The van der Waals surface area contributed by atoms with Crippen LogP contribution in [0.25, 0.3) is 5.57 Å². The van der Waals surface area contributed by atoms with Gasteiger partial charge >= 0.3 is 0 Å². The number of allylic oxidation sites excluding steroid dienone is 1. The molecule has 0 bridgehead atoms. The van der Waals surface area contributed by atoms with Gasteiger partial charge in [0.05, 0.1) is 0 Å². The van der Waals surface area contributed by atoms with Crippen molar-refractivity contribution in [3.8, 4) is 0 Å². The summed E-state index contributed by atoms with van der Waals surface area (Å²) in [7, 11) is 0. The number of rotatable bonds is 4. The second-order valence-corrected chi connectivity index (χ2v) is 6.26. The van der Waals surface area contributed by atoms with Crippen molar-refractivity contribution >= 4 is 23.1 Å². The van der Waals surface area contributed by atoms with Gasteiger partial charge in [0.15, 0.2) is 0 Å². The lowest BCUT2D eigenvalue weighted by atomic mass is 10.1. The molecule has 4 nitrogen and oxygen atoms in total. The van der Waals surface area contributed by atoms with Gasteiger partial charge in [-0.05, 0) is 49.1 Å². The van der Waals surface area contributed by atoms with Crippen molar-refractivity contribution in [3.63, 3.8) is 0 Å². The Morgan fingerprint density at radius 1 is 0.960 bits per heavy atom. The third kappa shape index (κ3) is 4.35. The maximum Gasteiger partial charge on any atom is 0.253 e. The number of carbonyl (C=O) groups excluding carboxylic acids is 2. The van der Waals surface area contributed by atoms with Crippen LogP contribution in [0.15, 0.2) is 60.7 Å². The van der Waals surface area contributed by atoms with E-state index in [4.69, 9.17) is 0 Å². The Balaban J connectivity index is 1.69. The summed E-state index contributed by atoms with van der Waals surface area (Å²) in [5, 5.41) is 2.84. The molecular formula is C21H22N2O2. The van der Waals surface area contributed by atoms with Crippen LogP contribution in [-0.4, -0.2) is 29.8 Å². The molecule has 1 saturated heterocycles. The molecule has 4 heteroatoms. The lowest BCUT2D eigenvalue weighted by Crippen LogP contribution is -2.27. The second-order valence-electron chi connectivity index (χ2n) is 6.26. The predicted octanol–water partition coefficient (Wildman–Crippen LogP) is 3.96. The van der Waals surface area contributed by atoms with E-state index in [-0.39, 0.29) is 11.8 Å². The standard InChI is InChI=1S/C21H22N2O2/c1-16(17-8-3-2-4-9-17)14-20(24)22-19-11-7-10-18(15-19)21(25)23-12-5-6-13-23/h2-4,7-11,14-15H,5-6,12-13H2,1H3,(H,22,24)/b16-14+. The number of hydrogen-bond acceptors (Lipinski definition) is 2. The molecule has 1 N–H and O–H groups in total. The van der Waals surface area contributed by atoms with E-state index in [2.05, 4.69) is 5.32 Å². The average molecular weight is 334 g/mol. The molecule has 2 amide bonds. The van der Waals surface area contributed by atoms with Gasteiger partial charge in [0.1, 0.15) is 0 Å². The van der Waals surface area contributed by atoms with E-state index in [1.54, 1.807) is 30.3 Å². The van der Waals surface area contributed by atoms with E-state index in [0.717, 1.165) is 37.1 Å². The van der Waals surface area contributed by atoms with Crippen LogP contribution in [0.2, 0.25) is 0 Å². The summed E-state index contributed by atoms with van der Waals surface area (Å²) >= 11 is 0. The van der Waals surface area contributed by atoms with Gasteiger partial charge in [-0.15, -0.1) is 0 Å². The van der Waals surface area contributed by atoms with E-state index in [1.165, 1.54) is 0 Å². The highest BCUT2D eigenvalue weighted by Crippen LogP contribution is 2.17. The highest BCUT2D eigenvalue weighted by Gasteiger charge is 2.19. The van der Waals surface area contributed by atoms with Crippen molar-refractivity contribution in [1.82, 2.24) is 4.90 Å². The van der Waals surface area contributed by atoms with Gasteiger partial charge in [-0.3, -0.25) is 9.59 Å². The van der Waals surface area contributed by atoms with E-state index in [0.29, 0.717) is 11.3 Å². The molecule has 0 spiro atoms. The van der Waals surface area contributed by atoms with Gasteiger partial charge in [0, 0.05) is 30.4 Å². The van der Waals surface area contributed by atoms with Gasteiger partial charge in [-0.1, -0.05) is 36.4 Å². The Morgan fingerprint density at radius 3 is 2.36 bits per heavy atom. The van der Waals surface area contributed by atoms with Crippen LogP contribution in [0.5, 0.6) is 0 Å². The number of hydrogen-bond donors (Lipinski definition) is 1. The number of anilines is 1. The summed E-state index contributed by atoms with van der Waals surface area (Å²) < 4.78 is 0. The Kier molecular flexibility index (Phi) is 5.29.